The average molecular weight is 170 g/mol. The summed E-state index contributed by atoms with van der Waals surface area (Å²) < 4.78 is 10.4. The van der Waals surface area contributed by atoms with E-state index in [1.54, 1.807) is 0 Å². The predicted molar refractivity (Wildman–Crippen MR) is 43.7 cm³/mol. The zero-order valence-electron chi connectivity index (χ0n) is 7.70. The zero-order valence-corrected chi connectivity index (χ0v) is 7.70. The van der Waals surface area contributed by atoms with E-state index in [4.69, 9.17) is 9.15 Å². The topological polar surface area (TPSA) is 48.2 Å². The molecule has 0 spiro atoms. The average Bonchev–Trinajstić information content (AvgIpc) is 2.48. The van der Waals surface area contributed by atoms with E-state index in [2.05, 4.69) is 10.2 Å². The Kier molecular flexibility index (Phi) is 3.22. The largest absolute Gasteiger partial charge is 0.422 e. The molecule has 0 saturated heterocycles. The molecular formula is C8H14N2O2. The van der Waals surface area contributed by atoms with Crippen molar-refractivity contribution in [3.8, 4) is 0 Å². The third-order valence-corrected chi connectivity index (χ3v) is 1.41. The molecule has 0 aliphatic rings. The molecule has 0 amide bonds. The second kappa shape index (κ2) is 4.21. The summed E-state index contributed by atoms with van der Waals surface area (Å²) in [5, 5.41) is 7.71. The molecule has 0 saturated carbocycles. The highest BCUT2D eigenvalue weighted by Gasteiger charge is 2.08. The van der Waals surface area contributed by atoms with Gasteiger partial charge in [0.25, 0.3) is 0 Å². The number of aromatic nitrogens is 2. The maximum absolute atomic E-state index is 5.30. The number of ether oxygens (including phenoxy) is 1. The molecule has 0 aliphatic heterocycles. The van der Waals surface area contributed by atoms with Gasteiger partial charge in [0.1, 0.15) is 6.61 Å². The van der Waals surface area contributed by atoms with Crippen LogP contribution in [0.4, 0.5) is 0 Å². The van der Waals surface area contributed by atoms with Gasteiger partial charge in [-0.1, -0.05) is 13.8 Å². The van der Waals surface area contributed by atoms with E-state index in [9.17, 15) is 0 Å². The van der Waals surface area contributed by atoms with Crippen molar-refractivity contribution in [2.75, 3.05) is 6.61 Å². The molecule has 1 aromatic rings. The van der Waals surface area contributed by atoms with E-state index >= 15 is 0 Å². The van der Waals surface area contributed by atoms with E-state index in [-0.39, 0.29) is 5.92 Å². The second-order valence-corrected chi connectivity index (χ2v) is 2.83. The lowest BCUT2D eigenvalue weighted by Crippen LogP contribution is -1.91. The van der Waals surface area contributed by atoms with Crippen LogP contribution in [0.25, 0.3) is 0 Å². The number of hydrogen-bond acceptors (Lipinski definition) is 4. The first-order valence-electron chi connectivity index (χ1n) is 4.14. The van der Waals surface area contributed by atoms with Gasteiger partial charge < -0.3 is 9.15 Å². The molecular weight excluding hydrogens is 156 g/mol. The van der Waals surface area contributed by atoms with Gasteiger partial charge in [-0.15, -0.1) is 10.2 Å². The summed E-state index contributed by atoms with van der Waals surface area (Å²) in [4.78, 5) is 0. The fourth-order valence-electron chi connectivity index (χ4n) is 0.748. The van der Waals surface area contributed by atoms with Crippen molar-refractivity contribution in [3.63, 3.8) is 0 Å². The lowest BCUT2D eigenvalue weighted by atomic mass is 10.2. The van der Waals surface area contributed by atoms with E-state index in [0.29, 0.717) is 25.0 Å². The highest BCUT2D eigenvalue weighted by Crippen LogP contribution is 2.11. The first-order valence-corrected chi connectivity index (χ1v) is 4.14. The lowest BCUT2D eigenvalue weighted by Gasteiger charge is -1.95. The van der Waals surface area contributed by atoms with Crippen LogP contribution >= 0.6 is 0 Å². The molecule has 68 valence electrons. The molecule has 0 aliphatic carbocycles. The van der Waals surface area contributed by atoms with Gasteiger partial charge in [-0.2, -0.15) is 0 Å². The zero-order chi connectivity index (χ0) is 8.97. The lowest BCUT2D eigenvalue weighted by molar-refractivity contribution is 0.113. The van der Waals surface area contributed by atoms with Crippen molar-refractivity contribution < 1.29 is 9.15 Å². The Hall–Kier alpha value is -0.900. The summed E-state index contributed by atoms with van der Waals surface area (Å²) in [7, 11) is 0. The molecule has 4 heteroatoms. The first-order chi connectivity index (χ1) is 5.74. The van der Waals surface area contributed by atoms with Gasteiger partial charge in [0.15, 0.2) is 0 Å². The standard InChI is InChI=1S/C8H14N2O2/c1-4-11-5-7-9-10-8(12-7)6(2)3/h6H,4-5H2,1-3H3. The molecule has 4 nitrogen and oxygen atoms in total. The van der Waals surface area contributed by atoms with Gasteiger partial charge in [-0.25, -0.2) is 0 Å². The molecule has 0 unspecified atom stereocenters. The van der Waals surface area contributed by atoms with E-state index in [1.165, 1.54) is 0 Å². The third-order valence-electron chi connectivity index (χ3n) is 1.41. The molecule has 0 radical (unpaired) electrons. The Bertz CT molecular complexity index is 233. The minimum absolute atomic E-state index is 0.285. The van der Waals surface area contributed by atoms with Crippen molar-refractivity contribution in [3.05, 3.63) is 11.8 Å². The van der Waals surface area contributed by atoms with Crippen molar-refractivity contribution in [1.29, 1.82) is 0 Å². The Morgan fingerprint density at radius 1 is 1.42 bits per heavy atom. The minimum Gasteiger partial charge on any atom is -0.422 e. The molecule has 0 atom stereocenters. The SMILES string of the molecule is CCOCc1nnc(C(C)C)o1. The maximum Gasteiger partial charge on any atom is 0.242 e. The summed E-state index contributed by atoms with van der Waals surface area (Å²) in [6.07, 6.45) is 0. The Morgan fingerprint density at radius 2 is 2.17 bits per heavy atom. The van der Waals surface area contributed by atoms with Gasteiger partial charge in [-0.3, -0.25) is 0 Å². The Morgan fingerprint density at radius 3 is 2.67 bits per heavy atom. The fourth-order valence-corrected chi connectivity index (χ4v) is 0.748. The van der Waals surface area contributed by atoms with Gasteiger partial charge in [0.2, 0.25) is 11.8 Å². The molecule has 12 heavy (non-hydrogen) atoms. The summed E-state index contributed by atoms with van der Waals surface area (Å²) in [6.45, 7) is 7.03. The highest BCUT2D eigenvalue weighted by molar-refractivity contribution is 4.85. The molecule has 0 bridgehead atoms. The fraction of sp³-hybridized carbons (Fsp3) is 0.750. The van der Waals surface area contributed by atoms with Crippen molar-refractivity contribution in [1.82, 2.24) is 10.2 Å². The maximum atomic E-state index is 5.30. The van der Waals surface area contributed by atoms with E-state index < -0.39 is 0 Å². The number of hydrogen-bond donors (Lipinski definition) is 0. The molecule has 0 aromatic carbocycles. The van der Waals surface area contributed by atoms with E-state index in [1.807, 2.05) is 20.8 Å². The molecule has 0 fully saturated rings. The van der Waals surface area contributed by atoms with Gasteiger partial charge in [0.05, 0.1) is 0 Å². The van der Waals surface area contributed by atoms with Gasteiger partial charge in [-0.05, 0) is 6.92 Å². The quantitative estimate of drug-likeness (QED) is 0.690. The van der Waals surface area contributed by atoms with Crippen molar-refractivity contribution in [2.24, 2.45) is 0 Å². The normalized spacial score (nSPS) is 11.0. The highest BCUT2D eigenvalue weighted by atomic mass is 16.5. The van der Waals surface area contributed by atoms with Crippen LogP contribution in [-0.4, -0.2) is 16.8 Å². The van der Waals surface area contributed by atoms with Gasteiger partial charge in [0, 0.05) is 12.5 Å². The van der Waals surface area contributed by atoms with Crippen LogP contribution in [-0.2, 0) is 11.3 Å². The summed E-state index contributed by atoms with van der Waals surface area (Å²) in [5.41, 5.74) is 0. The van der Waals surface area contributed by atoms with Crippen LogP contribution in [0, 0.1) is 0 Å². The predicted octanol–water partition coefficient (Wildman–Crippen LogP) is 1.73. The molecule has 1 rings (SSSR count). The van der Waals surface area contributed by atoms with Crippen LogP contribution in [0.5, 0.6) is 0 Å². The summed E-state index contributed by atoms with van der Waals surface area (Å²) in [5.74, 6) is 1.51. The second-order valence-electron chi connectivity index (χ2n) is 2.83. The first kappa shape index (κ1) is 9.19. The summed E-state index contributed by atoms with van der Waals surface area (Å²) in [6, 6.07) is 0. The Balaban J connectivity index is 2.52. The van der Waals surface area contributed by atoms with Crippen molar-refractivity contribution in [2.45, 2.75) is 33.3 Å². The smallest absolute Gasteiger partial charge is 0.242 e. The van der Waals surface area contributed by atoms with Crippen LogP contribution in [0.2, 0.25) is 0 Å². The molecule has 0 N–H and O–H groups in total. The van der Waals surface area contributed by atoms with Gasteiger partial charge >= 0.3 is 0 Å². The number of rotatable bonds is 4. The number of nitrogens with zero attached hydrogens (tertiary/aromatic N) is 2. The minimum atomic E-state index is 0.285. The molecule has 1 heterocycles. The van der Waals surface area contributed by atoms with Crippen LogP contribution in [0.3, 0.4) is 0 Å². The van der Waals surface area contributed by atoms with Crippen LogP contribution in [0.1, 0.15) is 38.5 Å². The van der Waals surface area contributed by atoms with E-state index in [0.717, 1.165) is 0 Å². The third kappa shape index (κ3) is 2.30. The van der Waals surface area contributed by atoms with Crippen LogP contribution in [0.15, 0.2) is 4.42 Å². The monoisotopic (exact) mass is 170 g/mol. The Labute approximate surface area is 71.9 Å². The summed E-state index contributed by atoms with van der Waals surface area (Å²) >= 11 is 0. The van der Waals surface area contributed by atoms with Crippen molar-refractivity contribution >= 4 is 0 Å². The van der Waals surface area contributed by atoms with Crippen LogP contribution < -0.4 is 0 Å². The molecule has 1 aromatic heterocycles.